The van der Waals surface area contributed by atoms with Crippen molar-refractivity contribution in [2.75, 3.05) is 23.4 Å². The van der Waals surface area contributed by atoms with Crippen LogP contribution in [-0.2, 0) is 4.79 Å². The first-order chi connectivity index (χ1) is 12.7. The van der Waals surface area contributed by atoms with Gasteiger partial charge in [0, 0.05) is 23.5 Å². The first kappa shape index (κ1) is 18.3. The van der Waals surface area contributed by atoms with Crippen molar-refractivity contribution in [1.82, 2.24) is 4.90 Å². The molecule has 0 radical (unpaired) electrons. The van der Waals surface area contributed by atoms with Crippen molar-refractivity contribution < 1.29 is 9.59 Å². The lowest BCUT2D eigenvalue weighted by Gasteiger charge is -2.30. The van der Waals surface area contributed by atoms with Gasteiger partial charge in [-0.15, -0.1) is 0 Å². The molecule has 1 heterocycles. The maximum absolute atomic E-state index is 13.1. The maximum atomic E-state index is 13.1. The van der Waals surface area contributed by atoms with Crippen LogP contribution >= 0.6 is 11.8 Å². The quantitative estimate of drug-likeness (QED) is 0.828. The topological polar surface area (TPSA) is 49.4 Å². The molecule has 3 rings (SSSR count). The van der Waals surface area contributed by atoms with Gasteiger partial charge < -0.3 is 10.2 Å². The van der Waals surface area contributed by atoms with Gasteiger partial charge in [0.1, 0.15) is 0 Å². The van der Waals surface area contributed by atoms with Crippen LogP contribution in [-0.4, -0.2) is 34.8 Å². The molecule has 0 spiro atoms. The van der Waals surface area contributed by atoms with Crippen LogP contribution in [0.1, 0.15) is 28.4 Å². The monoisotopic (exact) mass is 366 g/mol. The van der Waals surface area contributed by atoms with E-state index in [4.69, 9.17) is 0 Å². The molecule has 1 atom stereocenters. The average Bonchev–Trinajstić information content (AvgIpc) is 2.94. The number of carbonyl (C=O) groups excluding carboxylic acids is 2. The van der Waals surface area contributed by atoms with Crippen molar-refractivity contribution in [3.05, 3.63) is 78.4 Å². The van der Waals surface area contributed by atoms with E-state index in [0.717, 1.165) is 24.5 Å². The first-order valence-electron chi connectivity index (χ1n) is 8.66. The van der Waals surface area contributed by atoms with E-state index in [1.54, 1.807) is 24.3 Å². The van der Waals surface area contributed by atoms with Crippen LogP contribution in [0.4, 0.5) is 5.69 Å². The number of thioether (sulfide) groups is 1. The zero-order valence-corrected chi connectivity index (χ0v) is 15.4. The molecule has 26 heavy (non-hydrogen) atoms. The van der Waals surface area contributed by atoms with Crippen LogP contribution in [0.15, 0.2) is 67.3 Å². The highest BCUT2D eigenvalue weighted by Crippen LogP contribution is 2.30. The summed E-state index contributed by atoms with van der Waals surface area (Å²) in [5.41, 5.74) is 2.46. The van der Waals surface area contributed by atoms with Gasteiger partial charge in [0.05, 0.1) is 6.04 Å². The minimum absolute atomic E-state index is 0.0305. The van der Waals surface area contributed by atoms with Crippen LogP contribution in [0.3, 0.4) is 0 Å². The van der Waals surface area contributed by atoms with E-state index in [1.165, 1.54) is 11.6 Å². The molecule has 1 aliphatic rings. The lowest BCUT2D eigenvalue weighted by atomic mass is 10.0. The molecule has 5 heteroatoms. The number of nitrogens with zero attached hydrogens (tertiary/aromatic N) is 1. The summed E-state index contributed by atoms with van der Waals surface area (Å²) in [5, 5.41) is 2.70. The van der Waals surface area contributed by atoms with Gasteiger partial charge in [-0.1, -0.05) is 36.9 Å². The number of rotatable bonds is 4. The largest absolute Gasteiger partial charge is 0.331 e. The highest BCUT2D eigenvalue weighted by molar-refractivity contribution is 7.99. The second kappa shape index (κ2) is 8.72. The SMILES string of the molecule is C=CC(=O)Nc1ccc(C(=O)N2CCCSCC2c2ccccc2)cc1. The van der Waals surface area contributed by atoms with Gasteiger partial charge >= 0.3 is 0 Å². The Morgan fingerprint density at radius 1 is 1.12 bits per heavy atom. The van der Waals surface area contributed by atoms with Gasteiger partial charge in [-0.3, -0.25) is 9.59 Å². The molecule has 1 fully saturated rings. The first-order valence-corrected chi connectivity index (χ1v) is 9.81. The Morgan fingerprint density at radius 3 is 2.54 bits per heavy atom. The number of hydrogen-bond acceptors (Lipinski definition) is 3. The third-order valence-electron chi connectivity index (χ3n) is 4.37. The van der Waals surface area contributed by atoms with Gasteiger partial charge in [0.15, 0.2) is 0 Å². The highest BCUT2D eigenvalue weighted by Gasteiger charge is 2.27. The lowest BCUT2D eigenvalue weighted by Crippen LogP contribution is -2.36. The van der Waals surface area contributed by atoms with Crippen molar-refractivity contribution >= 4 is 29.3 Å². The molecule has 1 N–H and O–H groups in total. The lowest BCUT2D eigenvalue weighted by molar-refractivity contribution is -0.111. The summed E-state index contributed by atoms with van der Waals surface area (Å²) in [4.78, 5) is 26.5. The fourth-order valence-corrected chi connectivity index (χ4v) is 4.12. The maximum Gasteiger partial charge on any atom is 0.254 e. The summed E-state index contributed by atoms with van der Waals surface area (Å²) in [7, 11) is 0. The van der Waals surface area contributed by atoms with Crippen molar-refractivity contribution in [3.8, 4) is 0 Å². The van der Waals surface area contributed by atoms with Crippen LogP contribution < -0.4 is 5.32 Å². The average molecular weight is 366 g/mol. The summed E-state index contributed by atoms with van der Waals surface area (Å²) < 4.78 is 0. The number of carbonyl (C=O) groups is 2. The Morgan fingerprint density at radius 2 is 1.85 bits per heavy atom. The number of amides is 2. The van der Waals surface area contributed by atoms with E-state index in [0.29, 0.717) is 11.3 Å². The minimum atomic E-state index is -0.266. The summed E-state index contributed by atoms with van der Waals surface area (Å²) in [6.07, 6.45) is 2.21. The van der Waals surface area contributed by atoms with Crippen LogP contribution in [0, 0.1) is 0 Å². The summed E-state index contributed by atoms with van der Waals surface area (Å²) in [6, 6.07) is 17.3. The Bertz CT molecular complexity index is 774. The second-order valence-electron chi connectivity index (χ2n) is 6.12. The van der Waals surface area contributed by atoms with Gasteiger partial charge in [0.25, 0.3) is 5.91 Å². The molecular weight excluding hydrogens is 344 g/mol. The molecule has 1 saturated heterocycles. The molecule has 0 saturated carbocycles. The molecule has 2 amide bonds. The van der Waals surface area contributed by atoms with Crippen LogP contribution in [0.5, 0.6) is 0 Å². The summed E-state index contributed by atoms with van der Waals surface area (Å²) in [5.74, 6) is 1.74. The van der Waals surface area contributed by atoms with Crippen molar-refractivity contribution in [3.63, 3.8) is 0 Å². The van der Waals surface area contributed by atoms with Gasteiger partial charge in [-0.05, 0) is 48.1 Å². The van der Waals surface area contributed by atoms with E-state index in [1.807, 2.05) is 34.9 Å². The number of nitrogens with one attached hydrogen (secondary N) is 1. The fraction of sp³-hybridized carbons (Fsp3) is 0.238. The van der Waals surface area contributed by atoms with Crippen molar-refractivity contribution in [2.45, 2.75) is 12.5 Å². The molecule has 2 aromatic rings. The van der Waals surface area contributed by atoms with Gasteiger partial charge in [0.2, 0.25) is 5.91 Å². The molecule has 1 aliphatic heterocycles. The molecule has 0 bridgehead atoms. The van der Waals surface area contributed by atoms with Crippen LogP contribution in [0.2, 0.25) is 0 Å². The smallest absolute Gasteiger partial charge is 0.254 e. The predicted molar refractivity (Wildman–Crippen MR) is 107 cm³/mol. The van der Waals surface area contributed by atoms with E-state index in [2.05, 4.69) is 24.0 Å². The molecule has 2 aromatic carbocycles. The number of hydrogen-bond donors (Lipinski definition) is 1. The van der Waals surface area contributed by atoms with Gasteiger partial charge in [-0.2, -0.15) is 11.8 Å². The number of anilines is 1. The third kappa shape index (κ3) is 4.35. The van der Waals surface area contributed by atoms with Crippen LogP contribution in [0.25, 0.3) is 0 Å². The Balaban J connectivity index is 1.81. The Hall–Kier alpha value is -2.53. The predicted octanol–water partition coefficient (Wildman–Crippen LogP) is 4.13. The second-order valence-corrected chi connectivity index (χ2v) is 7.27. The van der Waals surface area contributed by atoms with Gasteiger partial charge in [-0.25, -0.2) is 0 Å². The standard InChI is InChI=1S/C21H22N2O2S/c1-2-20(24)22-18-11-9-17(10-12-18)21(25)23-13-6-14-26-15-19(23)16-7-4-3-5-8-16/h2-5,7-12,19H,1,6,13-15H2,(H,22,24). The summed E-state index contributed by atoms with van der Waals surface area (Å²) in [6.45, 7) is 4.19. The molecule has 0 aromatic heterocycles. The third-order valence-corrected chi connectivity index (χ3v) is 5.50. The number of benzene rings is 2. The molecule has 4 nitrogen and oxygen atoms in total. The zero-order chi connectivity index (χ0) is 18.4. The molecule has 1 unspecified atom stereocenters. The fourth-order valence-electron chi connectivity index (χ4n) is 3.03. The van der Waals surface area contributed by atoms with E-state index >= 15 is 0 Å². The Kier molecular flexibility index (Phi) is 6.12. The van der Waals surface area contributed by atoms with E-state index in [9.17, 15) is 9.59 Å². The highest BCUT2D eigenvalue weighted by atomic mass is 32.2. The van der Waals surface area contributed by atoms with Crippen molar-refractivity contribution in [1.29, 1.82) is 0 Å². The molecular formula is C21H22N2O2S. The normalized spacial score (nSPS) is 17.2. The summed E-state index contributed by atoms with van der Waals surface area (Å²) >= 11 is 1.90. The Labute approximate surface area is 158 Å². The van der Waals surface area contributed by atoms with E-state index < -0.39 is 0 Å². The van der Waals surface area contributed by atoms with Crippen molar-refractivity contribution in [2.24, 2.45) is 0 Å². The molecule has 134 valence electrons. The van der Waals surface area contributed by atoms with E-state index in [-0.39, 0.29) is 17.9 Å². The molecule has 0 aliphatic carbocycles. The zero-order valence-electron chi connectivity index (χ0n) is 14.6. The minimum Gasteiger partial charge on any atom is -0.331 e.